The smallest absolute Gasteiger partial charge is 0.306 e. The Morgan fingerprint density at radius 3 is 2.90 bits per heavy atom. The van der Waals surface area contributed by atoms with E-state index in [9.17, 15) is 4.79 Å². The van der Waals surface area contributed by atoms with E-state index in [1.165, 1.54) is 0 Å². The van der Waals surface area contributed by atoms with Crippen LogP contribution in [0.2, 0.25) is 0 Å². The number of amides is 1. The Kier molecular flexibility index (Phi) is 3.33. The Labute approximate surface area is 175 Å². The van der Waals surface area contributed by atoms with Gasteiger partial charge in [-0.3, -0.25) is 4.79 Å². The summed E-state index contributed by atoms with van der Waals surface area (Å²) in [5.41, 5.74) is 1.93. The number of rotatable bonds is 1. The van der Waals surface area contributed by atoms with Gasteiger partial charge in [0.25, 0.3) is 5.91 Å². The van der Waals surface area contributed by atoms with Crippen molar-refractivity contribution in [2.45, 2.75) is 25.1 Å². The minimum Gasteiger partial charge on any atom is -0.460 e. The number of para-hydroxylation sites is 1. The average molecular weight is 450 g/mol. The minimum atomic E-state index is -1.36. The maximum absolute atomic E-state index is 13.3. The van der Waals surface area contributed by atoms with Crippen LogP contribution in [0, 0.1) is 6.92 Å². The number of fused-ring (bicyclic) bond motifs is 6. The first-order chi connectivity index (χ1) is 14.1. The highest BCUT2D eigenvalue weighted by Crippen LogP contribution is 2.54. The number of nitrogens with one attached hydrogen (secondary N) is 1. The topological polar surface area (TPSA) is 67.1 Å². The van der Waals surface area contributed by atoms with Crippen LogP contribution in [0.3, 0.4) is 0 Å². The van der Waals surface area contributed by atoms with Crippen LogP contribution in [-0.2, 0) is 10.5 Å². The number of carbonyl (C=O) groups is 1. The second kappa shape index (κ2) is 5.73. The van der Waals surface area contributed by atoms with E-state index in [1.54, 1.807) is 5.01 Å². The predicted octanol–water partition coefficient (Wildman–Crippen LogP) is 4.70. The molecular formula is C22H16BrN3O3. The van der Waals surface area contributed by atoms with Crippen LogP contribution in [0.25, 0.3) is 0 Å². The average Bonchev–Trinajstić information content (AvgIpc) is 3.40. The number of nitrogens with zero attached hydrogens (tertiary/aromatic N) is 2. The Morgan fingerprint density at radius 2 is 2.07 bits per heavy atom. The van der Waals surface area contributed by atoms with Gasteiger partial charge in [-0.15, -0.1) is 0 Å². The molecule has 0 fully saturated rings. The summed E-state index contributed by atoms with van der Waals surface area (Å²) in [7, 11) is 0. The third-order valence-corrected chi connectivity index (χ3v) is 6.19. The Bertz CT molecular complexity index is 1220. The normalized spacial score (nSPS) is 23.9. The lowest BCUT2D eigenvalue weighted by Gasteiger charge is -2.43. The third kappa shape index (κ3) is 2.22. The van der Waals surface area contributed by atoms with Crippen molar-refractivity contribution in [3.05, 3.63) is 81.7 Å². The first kappa shape index (κ1) is 16.9. The number of hydrazone groups is 1. The molecule has 0 radical (unpaired) electrons. The van der Waals surface area contributed by atoms with E-state index in [4.69, 9.17) is 14.3 Å². The second-order valence-corrected chi connectivity index (χ2v) is 8.37. The van der Waals surface area contributed by atoms with Gasteiger partial charge in [0.05, 0.1) is 17.3 Å². The van der Waals surface area contributed by atoms with Crippen LogP contribution in [0.15, 0.2) is 68.6 Å². The van der Waals surface area contributed by atoms with Crippen molar-refractivity contribution in [2.24, 2.45) is 5.10 Å². The molecule has 144 valence electrons. The van der Waals surface area contributed by atoms with Gasteiger partial charge < -0.3 is 14.5 Å². The molecule has 0 saturated heterocycles. The molecule has 1 spiro atoms. The molecule has 0 aliphatic carbocycles. The van der Waals surface area contributed by atoms with Crippen LogP contribution in [-0.4, -0.2) is 16.6 Å². The number of hydrogen-bond donors (Lipinski definition) is 1. The van der Waals surface area contributed by atoms with E-state index in [-0.39, 0.29) is 11.9 Å². The van der Waals surface area contributed by atoms with Crippen molar-refractivity contribution < 1.29 is 13.9 Å². The lowest BCUT2D eigenvalue weighted by atomic mass is 9.93. The molecule has 2 atom stereocenters. The fraction of sp³-hybridized carbons (Fsp3) is 0.182. The third-order valence-electron chi connectivity index (χ3n) is 5.70. The minimum absolute atomic E-state index is 0.129. The van der Waals surface area contributed by atoms with Gasteiger partial charge in [-0.05, 0) is 43.3 Å². The number of anilines is 1. The van der Waals surface area contributed by atoms with Crippen LogP contribution in [0.4, 0.5) is 5.69 Å². The summed E-state index contributed by atoms with van der Waals surface area (Å²) in [6, 6.07) is 17.2. The van der Waals surface area contributed by atoms with Crippen molar-refractivity contribution in [1.82, 2.24) is 5.01 Å². The highest BCUT2D eigenvalue weighted by Gasteiger charge is 2.61. The molecule has 6 nitrogen and oxygen atoms in total. The molecule has 2 aromatic carbocycles. The summed E-state index contributed by atoms with van der Waals surface area (Å²) in [6.45, 7) is 1.91. The lowest BCUT2D eigenvalue weighted by Crippen LogP contribution is -2.55. The Morgan fingerprint density at radius 1 is 1.21 bits per heavy atom. The molecule has 1 amide bonds. The molecular weight excluding hydrogens is 434 g/mol. The van der Waals surface area contributed by atoms with E-state index < -0.39 is 5.72 Å². The van der Waals surface area contributed by atoms with Gasteiger partial charge in [-0.1, -0.05) is 34.1 Å². The maximum Gasteiger partial charge on any atom is 0.306 e. The van der Waals surface area contributed by atoms with Crippen LogP contribution < -0.4 is 10.1 Å². The summed E-state index contributed by atoms with van der Waals surface area (Å²) in [6.07, 6.45) is 0.631. The second-order valence-electron chi connectivity index (χ2n) is 7.45. The van der Waals surface area contributed by atoms with Crippen LogP contribution in [0.1, 0.15) is 35.1 Å². The predicted molar refractivity (Wildman–Crippen MR) is 111 cm³/mol. The van der Waals surface area contributed by atoms with E-state index in [2.05, 4.69) is 21.2 Å². The van der Waals surface area contributed by atoms with Gasteiger partial charge in [0.15, 0.2) is 0 Å². The first-order valence-electron chi connectivity index (χ1n) is 9.39. The van der Waals surface area contributed by atoms with Crippen molar-refractivity contribution in [1.29, 1.82) is 0 Å². The molecule has 1 aromatic heterocycles. The molecule has 7 heteroatoms. The monoisotopic (exact) mass is 449 g/mol. The van der Waals surface area contributed by atoms with E-state index in [0.717, 1.165) is 38.5 Å². The fourth-order valence-electron chi connectivity index (χ4n) is 4.40. The van der Waals surface area contributed by atoms with Gasteiger partial charge in [-0.25, -0.2) is 5.01 Å². The van der Waals surface area contributed by atoms with Crippen molar-refractivity contribution in [2.75, 3.05) is 5.32 Å². The van der Waals surface area contributed by atoms with E-state index >= 15 is 0 Å². The SMILES string of the molecule is Cc1ccc(C2=NN3[C@H](C2)c2ccccc2O[C@@]32C(=O)Nc3ccc(Br)cc32)o1. The molecule has 4 heterocycles. The number of aryl methyl sites for hydroxylation is 1. The summed E-state index contributed by atoms with van der Waals surface area (Å²) in [5, 5.41) is 9.63. The molecule has 3 aliphatic heterocycles. The van der Waals surface area contributed by atoms with Gasteiger partial charge in [-0.2, -0.15) is 5.10 Å². The zero-order chi connectivity index (χ0) is 19.8. The van der Waals surface area contributed by atoms with E-state index in [1.807, 2.05) is 61.5 Å². The zero-order valence-corrected chi connectivity index (χ0v) is 17.1. The highest BCUT2D eigenvalue weighted by molar-refractivity contribution is 9.10. The molecule has 3 aromatic rings. The van der Waals surface area contributed by atoms with Crippen molar-refractivity contribution in [3.8, 4) is 5.75 Å². The van der Waals surface area contributed by atoms with Crippen LogP contribution in [0.5, 0.6) is 5.75 Å². The van der Waals surface area contributed by atoms with Gasteiger partial charge in [0.2, 0.25) is 0 Å². The largest absolute Gasteiger partial charge is 0.460 e. The number of ether oxygens (including phenoxy) is 1. The van der Waals surface area contributed by atoms with Gasteiger partial charge in [0.1, 0.15) is 23.0 Å². The van der Waals surface area contributed by atoms with Crippen LogP contribution >= 0.6 is 15.9 Å². The molecule has 0 unspecified atom stereocenters. The van der Waals surface area contributed by atoms with E-state index in [0.29, 0.717) is 12.2 Å². The number of halogens is 1. The summed E-state index contributed by atoms with van der Waals surface area (Å²) in [5.74, 6) is 2.00. The Hall–Kier alpha value is -3.06. The Balaban J connectivity index is 1.59. The fourth-order valence-corrected chi connectivity index (χ4v) is 4.76. The molecule has 1 N–H and O–H groups in total. The van der Waals surface area contributed by atoms with Gasteiger partial charge >= 0.3 is 5.72 Å². The number of hydrogen-bond acceptors (Lipinski definition) is 5. The van der Waals surface area contributed by atoms with Gasteiger partial charge in [0, 0.05) is 16.5 Å². The quantitative estimate of drug-likeness (QED) is 0.584. The maximum atomic E-state index is 13.3. The molecule has 6 rings (SSSR count). The summed E-state index contributed by atoms with van der Waals surface area (Å²) >= 11 is 3.53. The number of carbonyl (C=O) groups excluding carboxylic acids is 1. The molecule has 0 bridgehead atoms. The lowest BCUT2D eigenvalue weighted by molar-refractivity contribution is -0.161. The zero-order valence-electron chi connectivity index (χ0n) is 15.5. The van der Waals surface area contributed by atoms with Crippen molar-refractivity contribution in [3.63, 3.8) is 0 Å². The first-order valence-corrected chi connectivity index (χ1v) is 10.2. The standard InChI is InChI=1S/C22H16BrN3O3/c1-12-6-9-20(28-12)17-11-18-14-4-2-3-5-19(14)29-22(26(18)25-17)15-10-13(23)7-8-16(15)24-21(22)27/h2-10,18H,11H2,1H3,(H,24,27)/t18-,22+/m1/s1. The number of furan rings is 1. The summed E-state index contributed by atoms with van der Waals surface area (Å²) in [4.78, 5) is 13.3. The molecule has 3 aliphatic rings. The summed E-state index contributed by atoms with van der Waals surface area (Å²) < 4.78 is 13.1. The van der Waals surface area contributed by atoms with Crippen molar-refractivity contribution >= 4 is 33.2 Å². The highest BCUT2D eigenvalue weighted by atomic mass is 79.9. The molecule has 29 heavy (non-hydrogen) atoms. The number of benzene rings is 2. The molecule has 0 saturated carbocycles.